The molecule has 3 heterocycles. The second-order valence-corrected chi connectivity index (χ2v) is 7.08. The van der Waals surface area contributed by atoms with Crippen molar-refractivity contribution in [2.45, 2.75) is 32.0 Å². The van der Waals surface area contributed by atoms with Crippen LogP contribution in [0, 0.1) is 17.3 Å². The summed E-state index contributed by atoms with van der Waals surface area (Å²) in [6.45, 7) is 3.38. The van der Waals surface area contributed by atoms with E-state index < -0.39 is 11.6 Å². The molecule has 0 spiro atoms. The van der Waals surface area contributed by atoms with Crippen molar-refractivity contribution in [3.63, 3.8) is 0 Å². The standard InChI is InChI=1S/C21H20F2N6/c1-2-28-14-26-27-20(28)21(23)8-10-29(11-9-21)19-15(12-24)4-3-5-17(19)16-6-7-18(22)25-13-16/h3-7,13-14H,2,8-11H2,1H3. The predicted molar refractivity (Wildman–Crippen MR) is 104 cm³/mol. The van der Waals surface area contributed by atoms with Gasteiger partial charge in [0.05, 0.1) is 11.3 Å². The average molecular weight is 394 g/mol. The Labute approximate surface area is 167 Å². The van der Waals surface area contributed by atoms with Crippen LogP contribution in [0.25, 0.3) is 11.1 Å². The molecule has 0 N–H and O–H groups in total. The van der Waals surface area contributed by atoms with Crippen LogP contribution >= 0.6 is 0 Å². The number of piperidine rings is 1. The number of nitriles is 1. The lowest BCUT2D eigenvalue weighted by Crippen LogP contribution is -2.42. The summed E-state index contributed by atoms with van der Waals surface area (Å²) in [5, 5.41) is 17.5. The minimum absolute atomic E-state index is 0.243. The van der Waals surface area contributed by atoms with Crippen molar-refractivity contribution in [2.75, 3.05) is 18.0 Å². The zero-order valence-electron chi connectivity index (χ0n) is 16.0. The van der Waals surface area contributed by atoms with Crippen LogP contribution in [0.2, 0.25) is 0 Å². The number of pyridine rings is 1. The molecule has 2 aromatic heterocycles. The molecule has 3 aromatic rings. The van der Waals surface area contributed by atoms with Crippen LogP contribution in [0.4, 0.5) is 14.5 Å². The molecular formula is C21H20F2N6. The molecule has 0 aliphatic carbocycles. The van der Waals surface area contributed by atoms with Gasteiger partial charge in [-0.15, -0.1) is 10.2 Å². The normalized spacial score (nSPS) is 15.9. The van der Waals surface area contributed by atoms with Crippen LogP contribution in [0.1, 0.15) is 31.2 Å². The summed E-state index contributed by atoms with van der Waals surface area (Å²) in [5.74, 6) is -0.205. The Hall–Kier alpha value is -3.34. The van der Waals surface area contributed by atoms with Crippen LogP contribution < -0.4 is 4.90 Å². The number of rotatable bonds is 4. The van der Waals surface area contributed by atoms with Crippen molar-refractivity contribution >= 4 is 5.69 Å². The first-order chi connectivity index (χ1) is 14.1. The van der Waals surface area contributed by atoms with E-state index in [1.165, 1.54) is 12.3 Å². The van der Waals surface area contributed by atoms with Gasteiger partial charge in [0.1, 0.15) is 12.4 Å². The van der Waals surface area contributed by atoms with Gasteiger partial charge in [-0.1, -0.05) is 12.1 Å². The molecule has 1 aromatic carbocycles. The van der Waals surface area contributed by atoms with Gasteiger partial charge in [0.15, 0.2) is 11.5 Å². The third kappa shape index (κ3) is 3.44. The second kappa shape index (κ2) is 7.59. The number of hydrogen-bond donors (Lipinski definition) is 0. The van der Waals surface area contributed by atoms with E-state index >= 15 is 4.39 Å². The molecule has 0 bridgehead atoms. The van der Waals surface area contributed by atoms with Crippen molar-refractivity contribution in [1.82, 2.24) is 19.7 Å². The number of hydrogen-bond acceptors (Lipinski definition) is 5. The number of anilines is 1. The molecular weight excluding hydrogens is 374 g/mol. The molecule has 0 radical (unpaired) electrons. The molecule has 0 atom stereocenters. The molecule has 0 saturated carbocycles. The van der Waals surface area contributed by atoms with Crippen LogP contribution in [0.5, 0.6) is 0 Å². The maximum Gasteiger partial charge on any atom is 0.212 e. The lowest BCUT2D eigenvalue weighted by molar-refractivity contribution is 0.108. The van der Waals surface area contributed by atoms with Crippen molar-refractivity contribution in [3.05, 3.63) is 60.2 Å². The van der Waals surface area contributed by atoms with Gasteiger partial charge in [0.2, 0.25) is 5.95 Å². The van der Waals surface area contributed by atoms with Crippen LogP contribution in [-0.2, 0) is 12.2 Å². The van der Waals surface area contributed by atoms with Crippen LogP contribution in [0.3, 0.4) is 0 Å². The van der Waals surface area contributed by atoms with E-state index in [0.717, 1.165) is 11.3 Å². The van der Waals surface area contributed by atoms with E-state index in [4.69, 9.17) is 0 Å². The topological polar surface area (TPSA) is 70.6 Å². The van der Waals surface area contributed by atoms with Gasteiger partial charge in [-0.3, -0.25) is 0 Å². The Bertz CT molecular complexity index is 1050. The number of para-hydroxylation sites is 1. The number of benzene rings is 1. The largest absolute Gasteiger partial charge is 0.370 e. The highest BCUT2D eigenvalue weighted by Gasteiger charge is 2.41. The monoisotopic (exact) mass is 394 g/mol. The molecule has 1 saturated heterocycles. The molecule has 29 heavy (non-hydrogen) atoms. The fourth-order valence-corrected chi connectivity index (χ4v) is 3.88. The first kappa shape index (κ1) is 19.0. The third-order valence-electron chi connectivity index (χ3n) is 5.42. The van der Waals surface area contributed by atoms with Crippen molar-refractivity contribution < 1.29 is 8.78 Å². The van der Waals surface area contributed by atoms with Gasteiger partial charge < -0.3 is 9.47 Å². The lowest BCUT2D eigenvalue weighted by atomic mass is 9.90. The molecule has 148 valence electrons. The number of nitrogens with zero attached hydrogens (tertiary/aromatic N) is 6. The fourth-order valence-electron chi connectivity index (χ4n) is 3.88. The molecule has 4 rings (SSSR count). The maximum absolute atomic E-state index is 15.7. The molecule has 0 amide bonds. The van der Waals surface area contributed by atoms with Crippen molar-refractivity contribution in [2.24, 2.45) is 0 Å². The average Bonchev–Trinajstić information content (AvgIpc) is 3.24. The predicted octanol–water partition coefficient (Wildman–Crippen LogP) is 3.84. The Kier molecular flexibility index (Phi) is 4.97. The molecule has 6 nitrogen and oxygen atoms in total. The summed E-state index contributed by atoms with van der Waals surface area (Å²) >= 11 is 0. The highest BCUT2D eigenvalue weighted by Crippen LogP contribution is 2.41. The van der Waals surface area contributed by atoms with Gasteiger partial charge >= 0.3 is 0 Å². The third-order valence-corrected chi connectivity index (χ3v) is 5.42. The van der Waals surface area contributed by atoms with E-state index in [2.05, 4.69) is 21.3 Å². The summed E-state index contributed by atoms with van der Waals surface area (Å²) < 4.78 is 30.6. The van der Waals surface area contributed by atoms with E-state index in [0.29, 0.717) is 36.6 Å². The van der Waals surface area contributed by atoms with Crippen LogP contribution in [-0.4, -0.2) is 32.8 Å². The molecule has 1 fully saturated rings. The molecule has 0 unspecified atom stereocenters. The van der Waals surface area contributed by atoms with Gasteiger partial charge in [0.25, 0.3) is 0 Å². The highest BCUT2D eigenvalue weighted by atomic mass is 19.1. The van der Waals surface area contributed by atoms with E-state index in [-0.39, 0.29) is 12.8 Å². The van der Waals surface area contributed by atoms with Crippen molar-refractivity contribution in [3.8, 4) is 17.2 Å². The van der Waals surface area contributed by atoms with Gasteiger partial charge in [-0.25, -0.2) is 9.37 Å². The first-order valence-electron chi connectivity index (χ1n) is 9.53. The summed E-state index contributed by atoms with van der Waals surface area (Å²) in [6, 6.07) is 10.5. The Morgan fingerprint density at radius 3 is 2.66 bits per heavy atom. The van der Waals surface area contributed by atoms with E-state index in [1.807, 2.05) is 17.9 Å². The second-order valence-electron chi connectivity index (χ2n) is 7.08. The van der Waals surface area contributed by atoms with Crippen LogP contribution in [0.15, 0.2) is 42.9 Å². The quantitative estimate of drug-likeness (QED) is 0.629. The molecule has 1 aliphatic heterocycles. The summed E-state index contributed by atoms with van der Waals surface area (Å²) in [4.78, 5) is 5.74. The van der Waals surface area contributed by atoms with Crippen molar-refractivity contribution in [1.29, 1.82) is 5.26 Å². The smallest absolute Gasteiger partial charge is 0.212 e. The number of aryl methyl sites for hydroxylation is 1. The van der Waals surface area contributed by atoms with Gasteiger partial charge in [-0.2, -0.15) is 9.65 Å². The number of alkyl halides is 1. The molecule has 8 heteroatoms. The van der Waals surface area contributed by atoms with Gasteiger partial charge in [0, 0.05) is 49.8 Å². The SMILES string of the molecule is CCn1cnnc1C1(F)CCN(c2c(C#N)cccc2-c2ccc(F)nc2)CC1. The summed E-state index contributed by atoms with van der Waals surface area (Å²) in [6.07, 6.45) is 3.48. The number of aromatic nitrogens is 4. The minimum Gasteiger partial charge on any atom is -0.370 e. The summed E-state index contributed by atoms with van der Waals surface area (Å²) in [5.41, 5.74) is 1.15. The molecule has 1 aliphatic rings. The Morgan fingerprint density at radius 1 is 1.21 bits per heavy atom. The minimum atomic E-state index is -1.55. The van der Waals surface area contributed by atoms with E-state index in [1.54, 1.807) is 29.1 Å². The van der Waals surface area contributed by atoms with E-state index in [9.17, 15) is 9.65 Å². The Morgan fingerprint density at radius 2 is 2.00 bits per heavy atom. The lowest BCUT2D eigenvalue weighted by Gasteiger charge is -2.38. The number of halogens is 2. The summed E-state index contributed by atoms with van der Waals surface area (Å²) in [7, 11) is 0. The fraction of sp³-hybridized carbons (Fsp3) is 0.333. The Balaban J connectivity index is 1.66. The van der Waals surface area contributed by atoms with Gasteiger partial charge in [-0.05, 0) is 25.1 Å². The zero-order valence-corrected chi connectivity index (χ0v) is 16.0. The maximum atomic E-state index is 15.7. The highest BCUT2D eigenvalue weighted by molar-refractivity contribution is 5.82. The zero-order chi connectivity index (χ0) is 20.4. The first-order valence-corrected chi connectivity index (χ1v) is 9.53.